The Labute approximate surface area is 101 Å². The van der Waals surface area contributed by atoms with Crippen molar-refractivity contribution < 1.29 is 5.11 Å². The maximum Gasteiger partial charge on any atom is 0.0468 e. The fraction of sp³-hybridized carbons (Fsp3) is 0.600. The van der Waals surface area contributed by atoms with Crippen LogP contribution in [-0.2, 0) is 0 Å². The number of hydrogen-bond acceptors (Lipinski definition) is 1. The van der Waals surface area contributed by atoms with Gasteiger partial charge >= 0.3 is 0 Å². The molecule has 0 aromatic carbocycles. The molecule has 0 saturated heterocycles. The summed E-state index contributed by atoms with van der Waals surface area (Å²) in [5, 5.41) is 8.75. The summed E-state index contributed by atoms with van der Waals surface area (Å²) >= 11 is 0. The lowest BCUT2D eigenvalue weighted by Gasteiger charge is -1.99. The standard InChI is InChI=1S/C15H26O/c1-13(2)7-5-8-14(3)9-6-10-15(4)11-12-16/h7,9-10,16H,5-6,8,11-12H2,1-4H3/b14-9+,15-10+. The third-order valence-corrected chi connectivity index (χ3v) is 2.53. The van der Waals surface area contributed by atoms with Crippen molar-refractivity contribution in [1.29, 1.82) is 0 Å². The Balaban J connectivity index is 3.87. The van der Waals surface area contributed by atoms with Crippen LogP contribution in [0.15, 0.2) is 34.9 Å². The molecule has 0 rings (SSSR count). The van der Waals surface area contributed by atoms with Crippen molar-refractivity contribution in [2.45, 2.75) is 53.4 Å². The molecule has 0 aromatic heterocycles. The van der Waals surface area contributed by atoms with Crippen LogP contribution in [0.25, 0.3) is 0 Å². The summed E-state index contributed by atoms with van der Waals surface area (Å²) in [7, 11) is 0. The lowest BCUT2D eigenvalue weighted by Crippen LogP contribution is -1.83. The Kier molecular flexibility index (Phi) is 8.93. The van der Waals surface area contributed by atoms with Crippen LogP contribution >= 0.6 is 0 Å². The van der Waals surface area contributed by atoms with Gasteiger partial charge in [-0.15, -0.1) is 0 Å². The molecule has 0 atom stereocenters. The zero-order valence-electron chi connectivity index (χ0n) is 11.2. The van der Waals surface area contributed by atoms with Crippen molar-refractivity contribution >= 4 is 0 Å². The van der Waals surface area contributed by atoms with E-state index in [9.17, 15) is 0 Å². The van der Waals surface area contributed by atoms with Crippen LogP contribution in [-0.4, -0.2) is 11.7 Å². The number of hydrogen-bond donors (Lipinski definition) is 1. The van der Waals surface area contributed by atoms with Gasteiger partial charge in [0.15, 0.2) is 0 Å². The average molecular weight is 222 g/mol. The van der Waals surface area contributed by atoms with E-state index in [1.165, 1.54) is 16.7 Å². The van der Waals surface area contributed by atoms with Gasteiger partial charge in [-0.05, 0) is 53.4 Å². The topological polar surface area (TPSA) is 20.2 Å². The molecule has 1 N–H and O–H groups in total. The van der Waals surface area contributed by atoms with Crippen molar-refractivity contribution in [3.05, 3.63) is 34.9 Å². The highest BCUT2D eigenvalue weighted by molar-refractivity contribution is 5.07. The van der Waals surface area contributed by atoms with Crippen molar-refractivity contribution in [3.8, 4) is 0 Å². The van der Waals surface area contributed by atoms with Crippen molar-refractivity contribution in [2.75, 3.05) is 6.61 Å². The van der Waals surface area contributed by atoms with Gasteiger partial charge in [-0.3, -0.25) is 0 Å². The molecule has 0 heterocycles. The molecule has 0 radical (unpaired) electrons. The van der Waals surface area contributed by atoms with E-state index >= 15 is 0 Å². The van der Waals surface area contributed by atoms with Gasteiger partial charge in [0.05, 0.1) is 0 Å². The highest BCUT2D eigenvalue weighted by atomic mass is 16.2. The van der Waals surface area contributed by atoms with E-state index in [4.69, 9.17) is 5.11 Å². The van der Waals surface area contributed by atoms with E-state index in [0.29, 0.717) is 0 Å². The van der Waals surface area contributed by atoms with Crippen LogP contribution in [0.3, 0.4) is 0 Å². The molecule has 0 aromatic rings. The first-order valence-corrected chi connectivity index (χ1v) is 6.11. The maximum atomic E-state index is 8.75. The van der Waals surface area contributed by atoms with Gasteiger partial charge in [0.2, 0.25) is 0 Å². The first kappa shape index (κ1) is 15.2. The zero-order valence-corrected chi connectivity index (χ0v) is 11.2. The maximum absolute atomic E-state index is 8.75. The minimum Gasteiger partial charge on any atom is -0.396 e. The fourth-order valence-corrected chi connectivity index (χ4v) is 1.43. The van der Waals surface area contributed by atoms with Gasteiger partial charge in [0.1, 0.15) is 0 Å². The van der Waals surface area contributed by atoms with Crippen LogP contribution in [0.4, 0.5) is 0 Å². The SMILES string of the molecule is CC(C)=CCC/C(C)=C/C/C=C(\C)CCO. The lowest BCUT2D eigenvalue weighted by molar-refractivity contribution is 0.299. The molecule has 1 heteroatoms. The Morgan fingerprint density at radius 1 is 0.875 bits per heavy atom. The van der Waals surface area contributed by atoms with Gasteiger partial charge in [-0.1, -0.05) is 34.9 Å². The molecule has 0 aliphatic carbocycles. The number of aliphatic hydroxyl groups excluding tert-OH is 1. The normalized spacial score (nSPS) is 12.8. The first-order chi connectivity index (χ1) is 7.56. The van der Waals surface area contributed by atoms with Crippen LogP contribution in [0.1, 0.15) is 53.4 Å². The third kappa shape index (κ3) is 9.72. The molecule has 0 saturated carbocycles. The summed E-state index contributed by atoms with van der Waals surface area (Å²) in [6, 6.07) is 0. The van der Waals surface area contributed by atoms with Gasteiger partial charge in [-0.25, -0.2) is 0 Å². The predicted octanol–water partition coefficient (Wildman–Crippen LogP) is 4.40. The van der Waals surface area contributed by atoms with Crippen molar-refractivity contribution in [3.63, 3.8) is 0 Å². The van der Waals surface area contributed by atoms with Gasteiger partial charge in [-0.2, -0.15) is 0 Å². The molecule has 0 aliphatic heterocycles. The van der Waals surface area contributed by atoms with E-state index in [1.54, 1.807) is 0 Å². The van der Waals surface area contributed by atoms with Crippen LogP contribution in [0.2, 0.25) is 0 Å². The molecule has 0 bridgehead atoms. The smallest absolute Gasteiger partial charge is 0.0468 e. The van der Waals surface area contributed by atoms with E-state index in [2.05, 4.69) is 45.9 Å². The minimum absolute atomic E-state index is 0.256. The van der Waals surface area contributed by atoms with Crippen LogP contribution in [0.5, 0.6) is 0 Å². The Morgan fingerprint density at radius 2 is 1.44 bits per heavy atom. The molecule has 0 amide bonds. The Hall–Kier alpha value is -0.820. The van der Waals surface area contributed by atoms with Crippen molar-refractivity contribution in [2.24, 2.45) is 0 Å². The average Bonchev–Trinajstić information content (AvgIpc) is 2.17. The fourth-order valence-electron chi connectivity index (χ4n) is 1.43. The minimum atomic E-state index is 0.256. The lowest BCUT2D eigenvalue weighted by atomic mass is 10.1. The highest BCUT2D eigenvalue weighted by Crippen LogP contribution is 2.09. The Morgan fingerprint density at radius 3 is 1.94 bits per heavy atom. The second kappa shape index (κ2) is 9.41. The summed E-state index contributed by atoms with van der Waals surface area (Å²) in [6.07, 6.45) is 10.8. The van der Waals surface area contributed by atoms with E-state index in [1.807, 2.05) is 0 Å². The van der Waals surface area contributed by atoms with Gasteiger partial charge in [0.25, 0.3) is 0 Å². The van der Waals surface area contributed by atoms with Crippen molar-refractivity contribution in [1.82, 2.24) is 0 Å². The van der Waals surface area contributed by atoms with Gasteiger partial charge < -0.3 is 5.11 Å². The first-order valence-electron chi connectivity index (χ1n) is 6.11. The molecule has 16 heavy (non-hydrogen) atoms. The molecule has 0 aliphatic rings. The summed E-state index contributed by atoms with van der Waals surface area (Å²) < 4.78 is 0. The van der Waals surface area contributed by atoms with E-state index in [0.717, 1.165) is 25.7 Å². The Bertz CT molecular complexity index is 265. The van der Waals surface area contributed by atoms with Gasteiger partial charge in [0, 0.05) is 6.61 Å². The molecule has 92 valence electrons. The third-order valence-electron chi connectivity index (χ3n) is 2.53. The second-order valence-electron chi connectivity index (χ2n) is 4.63. The molecule has 0 spiro atoms. The largest absolute Gasteiger partial charge is 0.396 e. The quantitative estimate of drug-likeness (QED) is 0.633. The molecule has 0 fully saturated rings. The number of rotatable bonds is 7. The summed E-state index contributed by atoms with van der Waals surface area (Å²) in [6.45, 7) is 8.79. The van der Waals surface area contributed by atoms with E-state index in [-0.39, 0.29) is 6.61 Å². The summed E-state index contributed by atoms with van der Waals surface area (Å²) in [4.78, 5) is 0. The predicted molar refractivity (Wildman–Crippen MR) is 72.5 cm³/mol. The number of allylic oxidation sites excluding steroid dienone is 5. The van der Waals surface area contributed by atoms with E-state index < -0.39 is 0 Å². The second-order valence-corrected chi connectivity index (χ2v) is 4.63. The van der Waals surface area contributed by atoms with Crippen LogP contribution in [0, 0.1) is 0 Å². The highest BCUT2D eigenvalue weighted by Gasteiger charge is 1.89. The summed E-state index contributed by atoms with van der Waals surface area (Å²) in [5.74, 6) is 0. The summed E-state index contributed by atoms with van der Waals surface area (Å²) in [5.41, 5.74) is 4.12. The molecule has 0 unspecified atom stereocenters. The molecular formula is C15H26O. The zero-order chi connectivity index (χ0) is 12.4. The monoisotopic (exact) mass is 222 g/mol. The molecule has 1 nitrogen and oxygen atoms in total. The van der Waals surface area contributed by atoms with Crippen LogP contribution < -0.4 is 0 Å². The number of aliphatic hydroxyl groups is 1. The molecular weight excluding hydrogens is 196 g/mol.